The largest absolute Gasteiger partial charge is 0.380 e. The summed E-state index contributed by atoms with van der Waals surface area (Å²) < 4.78 is 5.49. The minimum absolute atomic E-state index is 0.232. The molecule has 0 aliphatic carbocycles. The van der Waals surface area contributed by atoms with Crippen molar-refractivity contribution in [3.8, 4) is 0 Å². The second-order valence-corrected chi connectivity index (χ2v) is 7.77. The molecule has 0 aliphatic heterocycles. The molecule has 0 saturated heterocycles. The van der Waals surface area contributed by atoms with Crippen LogP contribution >= 0.6 is 15.9 Å². The Hall–Kier alpha value is 0.657. The van der Waals surface area contributed by atoms with Gasteiger partial charge in [0.1, 0.15) is 0 Å². The summed E-state index contributed by atoms with van der Waals surface area (Å²) in [4.78, 5) is 0. The molecule has 0 spiro atoms. The number of alkyl halides is 1. The van der Waals surface area contributed by atoms with Gasteiger partial charge in [0, 0.05) is 11.9 Å². The minimum atomic E-state index is -0.232. The molecule has 0 unspecified atom stereocenters. The van der Waals surface area contributed by atoms with Crippen LogP contribution in [0.3, 0.4) is 0 Å². The molecule has 1 radical (unpaired) electrons. The summed E-state index contributed by atoms with van der Waals surface area (Å²) in [5.74, 6) is 0. The van der Waals surface area contributed by atoms with Gasteiger partial charge in [0.15, 0.2) is 0 Å². The van der Waals surface area contributed by atoms with E-state index in [2.05, 4.69) is 42.9 Å². The van der Waals surface area contributed by atoms with Crippen molar-refractivity contribution in [2.45, 2.75) is 32.0 Å². The first-order valence-corrected chi connectivity index (χ1v) is 7.57. The number of halogens is 1. The van der Waals surface area contributed by atoms with E-state index in [9.17, 15) is 0 Å². The van der Waals surface area contributed by atoms with E-state index in [4.69, 9.17) is 4.74 Å². The van der Waals surface area contributed by atoms with Crippen molar-refractivity contribution < 1.29 is 4.74 Å². The van der Waals surface area contributed by atoms with E-state index in [0.717, 1.165) is 18.5 Å². The van der Waals surface area contributed by atoms with Crippen LogP contribution in [0, 0.1) is 0 Å². The van der Waals surface area contributed by atoms with Crippen LogP contribution < -0.4 is 0 Å². The maximum absolute atomic E-state index is 5.49. The summed E-state index contributed by atoms with van der Waals surface area (Å²) >= 11 is 3.34. The summed E-state index contributed by atoms with van der Waals surface area (Å²) in [5, 5.41) is 1.35. The maximum atomic E-state index is 5.49. The van der Waals surface area contributed by atoms with E-state index in [1.807, 2.05) is 0 Å². The maximum Gasteiger partial charge on any atom is 0.0563 e. The lowest BCUT2D eigenvalue weighted by Crippen LogP contribution is -2.26. The average molecular weight is 238 g/mol. The summed E-state index contributed by atoms with van der Waals surface area (Å²) in [6.07, 6.45) is 0. The molecule has 0 rings (SSSR count). The van der Waals surface area contributed by atoms with Crippen LogP contribution in [0.2, 0.25) is 18.1 Å². The second kappa shape index (κ2) is 5.33. The van der Waals surface area contributed by atoms with Crippen molar-refractivity contribution in [2.24, 2.45) is 0 Å². The van der Waals surface area contributed by atoms with Crippen molar-refractivity contribution in [1.29, 1.82) is 0 Å². The van der Waals surface area contributed by atoms with Gasteiger partial charge in [-0.05, 0) is 5.04 Å². The smallest absolute Gasteiger partial charge is 0.0563 e. The van der Waals surface area contributed by atoms with Gasteiger partial charge in [-0.2, -0.15) is 0 Å². The van der Waals surface area contributed by atoms with Crippen LogP contribution in [-0.4, -0.2) is 27.3 Å². The van der Waals surface area contributed by atoms with Crippen molar-refractivity contribution >= 4 is 24.7 Å². The number of hydrogen-bond donors (Lipinski definition) is 0. The van der Waals surface area contributed by atoms with Gasteiger partial charge in [0.2, 0.25) is 0 Å². The normalized spacial score (nSPS) is 12.5. The van der Waals surface area contributed by atoms with Crippen LogP contribution in [0.25, 0.3) is 0 Å². The Morgan fingerprint density at radius 3 is 2.27 bits per heavy atom. The van der Waals surface area contributed by atoms with Gasteiger partial charge in [-0.25, -0.2) is 0 Å². The van der Waals surface area contributed by atoms with E-state index in [0.29, 0.717) is 5.04 Å². The van der Waals surface area contributed by atoms with Crippen LogP contribution in [-0.2, 0) is 4.74 Å². The second-order valence-electron chi connectivity index (χ2n) is 3.63. The molecule has 0 N–H and O–H groups in total. The Kier molecular flexibility index (Phi) is 5.65. The molecule has 0 aromatic rings. The monoisotopic (exact) mass is 237 g/mol. The quantitative estimate of drug-likeness (QED) is 0.406. The lowest BCUT2D eigenvalue weighted by Gasteiger charge is -2.27. The average Bonchev–Trinajstić information content (AvgIpc) is 1.88. The number of ether oxygens (including phenoxy) is 1. The SMILES string of the molecule is C[Si](C)C(C)(C)COCCBr. The standard InChI is InChI=1S/C8H18BrOSi/c1-8(2,11(3)4)7-10-6-5-9/h5-7H2,1-4H3. The highest BCUT2D eigenvalue weighted by Gasteiger charge is 2.23. The Balaban J connectivity index is 3.55. The van der Waals surface area contributed by atoms with Crippen molar-refractivity contribution in [2.75, 3.05) is 18.5 Å². The Labute approximate surface area is 80.3 Å². The highest BCUT2D eigenvalue weighted by Crippen LogP contribution is 2.28. The van der Waals surface area contributed by atoms with Crippen molar-refractivity contribution in [1.82, 2.24) is 0 Å². The summed E-state index contributed by atoms with van der Waals surface area (Å²) in [6, 6.07) is 0. The van der Waals surface area contributed by atoms with Gasteiger partial charge in [-0.1, -0.05) is 42.9 Å². The van der Waals surface area contributed by atoms with E-state index in [1.54, 1.807) is 0 Å². The highest BCUT2D eigenvalue weighted by molar-refractivity contribution is 9.09. The predicted molar refractivity (Wildman–Crippen MR) is 56.1 cm³/mol. The fraction of sp³-hybridized carbons (Fsp3) is 1.00. The molecule has 0 aromatic heterocycles. The van der Waals surface area contributed by atoms with Gasteiger partial charge < -0.3 is 4.74 Å². The highest BCUT2D eigenvalue weighted by atomic mass is 79.9. The lowest BCUT2D eigenvalue weighted by molar-refractivity contribution is 0.128. The van der Waals surface area contributed by atoms with Crippen molar-refractivity contribution in [3.05, 3.63) is 0 Å². The Bertz CT molecular complexity index is 104. The molecule has 0 atom stereocenters. The molecule has 67 valence electrons. The van der Waals surface area contributed by atoms with Crippen LogP contribution in [0.5, 0.6) is 0 Å². The van der Waals surface area contributed by atoms with Crippen LogP contribution in [0.15, 0.2) is 0 Å². The molecule has 3 heteroatoms. The summed E-state index contributed by atoms with van der Waals surface area (Å²) in [5.41, 5.74) is 0. The molecule has 11 heavy (non-hydrogen) atoms. The van der Waals surface area contributed by atoms with Crippen LogP contribution in [0.4, 0.5) is 0 Å². The predicted octanol–water partition coefficient (Wildman–Crippen LogP) is 2.93. The zero-order chi connectivity index (χ0) is 8.91. The van der Waals surface area contributed by atoms with Gasteiger partial charge >= 0.3 is 0 Å². The fourth-order valence-corrected chi connectivity index (χ4v) is 1.15. The molecular weight excluding hydrogens is 220 g/mol. The molecule has 0 bridgehead atoms. The van der Waals surface area contributed by atoms with Crippen molar-refractivity contribution in [3.63, 3.8) is 0 Å². The lowest BCUT2D eigenvalue weighted by atomic mass is 10.2. The molecule has 0 aliphatic rings. The third-order valence-corrected chi connectivity index (χ3v) is 5.21. The van der Waals surface area contributed by atoms with E-state index in [1.165, 1.54) is 0 Å². The van der Waals surface area contributed by atoms with E-state index in [-0.39, 0.29) is 8.80 Å². The first kappa shape index (κ1) is 11.7. The van der Waals surface area contributed by atoms with Gasteiger partial charge in [-0.15, -0.1) is 0 Å². The molecule has 0 heterocycles. The van der Waals surface area contributed by atoms with Crippen LogP contribution in [0.1, 0.15) is 13.8 Å². The number of rotatable bonds is 5. The summed E-state index contributed by atoms with van der Waals surface area (Å²) in [6.45, 7) is 11.0. The Morgan fingerprint density at radius 1 is 1.36 bits per heavy atom. The summed E-state index contributed by atoms with van der Waals surface area (Å²) in [7, 11) is -0.232. The first-order valence-electron chi connectivity index (χ1n) is 3.95. The fourth-order valence-electron chi connectivity index (χ4n) is 0.526. The molecule has 1 nitrogen and oxygen atoms in total. The van der Waals surface area contributed by atoms with Gasteiger partial charge in [0.05, 0.1) is 15.4 Å². The van der Waals surface area contributed by atoms with E-state index < -0.39 is 0 Å². The molecular formula is C8H18BrOSi. The van der Waals surface area contributed by atoms with Gasteiger partial charge in [0.25, 0.3) is 0 Å². The van der Waals surface area contributed by atoms with Gasteiger partial charge in [-0.3, -0.25) is 0 Å². The molecule has 0 amide bonds. The first-order chi connectivity index (χ1) is 5.00. The minimum Gasteiger partial charge on any atom is -0.380 e. The third kappa shape index (κ3) is 4.99. The third-order valence-electron chi connectivity index (χ3n) is 2.04. The molecule has 0 fully saturated rings. The topological polar surface area (TPSA) is 9.23 Å². The molecule has 0 saturated carbocycles. The zero-order valence-electron chi connectivity index (χ0n) is 7.91. The zero-order valence-corrected chi connectivity index (χ0v) is 10.5. The van der Waals surface area contributed by atoms with E-state index >= 15 is 0 Å². The number of hydrogen-bond acceptors (Lipinski definition) is 1. The Morgan fingerprint density at radius 2 is 1.91 bits per heavy atom. The molecule has 0 aromatic carbocycles.